The molecule has 0 aromatic rings. The molecular weight excluding hydrogens is 248 g/mol. The maximum atomic E-state index is 9.60. The second-order valence-electron chi connectivity index (χ2n) is 7.64. The van der Waals surface area contributed by atoms with Crippen molar-refractivity contribution in [2.45, 2.75) is 63.6 Å². The second kappa shape index (κ2) is 6.01. The third-order valence-electron chi connectivity index (χ3n) is 4.68. The van der Waals surface area contributed by atoms with Crippen LogP contribution in [0.3, 0.4) is 0 Å². The molecular formula is C16H30N4. The Kier molecular flexibility index (Phi) is 4.73. The topological polar surface area (TPSA) is 42.3 Å². The highest BCUT2D eigenvalue weighted by Gasteiger charge is 2.39. The number of nitrogens with one attached hydrogen (secondary N) is 1. The van der Waals surface area contributed by atoms with Crippen molar-refractivity contribution >= 4 is 0 Å². The van der Waals surface area contributed by atoms with Crippen molar-refractivity contribution in [3.8, 4) is 6.07 Å². The minimum absolute atomic E-state index is 0.00541. The second-order valence-corrected chi connectivity index (χ2v) is 7.64. The number of nitrogens with zero attached hydrogens (tertiary/aromatic N) is 3. The summed E-state index contributed by atoms with van der Waals surface area (Å²) in [6.45, 7) is 11.0. The molecule has 0 aromatic heterocycles. The number of likely N-dealkylation sites (tertiary alicyclic amines) is 2. The first-order valence-electron chi connectivity index (χ1n) is 7.97. The van der Waals surface area contributed by atoms with Gasteiger partial charge in [0.1, 0.15) is 5.54 Å². The summed E-state index contributed by atoms with van der Waals surface area (Å²) >= 11 is 0. The van der Waals surface area contributed by atoms with Crippen molar-refractivity contribution < 1.29 is 0 Å². The van der Waals surface area contributed by atoms with Crippen molar-refractivity contribution in [1.29, 1.82) is 5.26 Å². The van der Waals surface area contributed by atoms with E-state index >= 15 is 0 Å². The van der Waals surface area contributed by atoms with Gasteiger partial charge in [-0.1, -0.05) is 0 Å². The maximum Gasteiger partial charge on any atom is 0.109 e. The summed E-state index contributed by atoms with van der Waals surface area (Å²) < 4.78 is 0. The highest BCUT2D eigenvalue weighted by molar-refractivity contribution is 5.12. The van der Waals surface area contributed by atoms with Gasteiger partial charge < -0.3 is 9.80 Å². The van der Waals surface area contributed by atoms with Crippen LogP contribution in [-0.2, 0) is 0 Å². The zero-order valence-electron chi connectivity index (χ0n) is 13.6. The zero-order chi connectivity index (χ0) is 14.8. The van der Waals surface area contributed by atoms with Crippen molar-refractivity contribution in [2.24, 2.45) is 0 Å². The summed E-state index contributed by atoms with van der Waals surface area (Å²) in [6, 6.07) is 3.29. The van der Waals surface area contributed by atoms with Crippen LogP contribution in [0, 0.1) is 11.3 Å². The summed E-state index contributed by atoms with van der Waals surface area (Å²) in [7, 11) is 2.21. The molecule has 2 saturated heterocycles. The lowest BCUT2D eigenvalue weighted by atomic mass is 9.85. The molecule has 0 saturated carbocycles. The Balaban J connectivity index is 1.89. The molecule has 20 heavy (non-hydrogen) atoms. The zero-order valence-corrected chi connectivity index (χ0v) is 13.6. The lowest BCUT2D eigenvalue weighted by Crippen LogP contribution is -2.59. The van der Waals surface area contributed by atoms with Crippen molar-refractivity contribution in [3.63, 3.8) is 0 Å². The van der Waals surface area contributed by atoms with E-state index in [9.17, 15) is 5.26 Å². The smallest absolute Gasteiger partial charge is 0.109 e. The van der Waals surface area contributed by atoms with Gasteiger partial charge in [0.2, 0.25) is 0 Å². The summed E-state index contributed by atoms with van der Waals surface area (Å²) in [4.78, 5) is 5.04. The molecule has 0 amide bonds. The molecule has 0 atom stereocenters. The molecule has 2 fully saturated rings. The molecule has 2 heterocycles. The van der Waals surface area contributed by atoms with Gasteiger partial charge >= 0.3 is 0 Å². The van der Waals surface area contributed by atoms with Crippen molar-refractivity contribution in [3.05, 3.63) is 0 Å². The average Bonchev–Trinajstić information content (AvgIpc) is 2.39. The molecule has 4 nitrogen and oxygen atoms in total. The molecule has 1 N–H and O–H groups in total. The fraction of sp³-hybridized carbons (Fsp3) is 0.938. The summed E-state index contributed by atoms with van der Waals surface area (Å²) in [5.41, 5.74) is -0.314. The third-order valence-corrected chi connectivity index (χ3v) is 4.68. The van der Waals surface area contributed by atoms with Crippen molar-refractivity contribution in [2.75, 3.05) is 33.2 Å². The Morgan fingerprint density at radius 1 is 1.10 bits per heavy atom. The van der Waals surface area contributed by atoms with Gasteiger partial charge in [-0.05, 0) is 66.6 Å². The Morgan fingerprint density at radius 3 is 2.10 bits per heavy atom. The van der Waals surface area contributed by atoms with Crippen molar-refractivity contribution in [1.82, 2.24) is 15.1 Å². The van der Waals surface area contributed by atoms with E-state index in [0.717, 1.165) is 32.0 Å². The monoisotopic (exact) mass is 278 g/mol. The standard InChI is InChI=1S/C16H30N4/c1-15(2,3)18-16(13-17)7-11-20(12-8-16)14-5-9-19(4)10-6-14/h14,18H,5-12H2,1-4H3. The molecule has 0 aliphatic carbocycles. The van der Waals surface area contributed by atoms with Gasteiger partial charge in [0.15, 0.2) is 0 Å². The van der Waals surface area contributed by atoms with Gasteiger partial charge in [0.05, 0.1) is 6.07 Å². The molecule has 114 valence electrons. The minimum atomic E-state index is -0.319. The van der Waals surface area contributed by atoms with E-state index in [0.29, 0.717) is 0 Å². The van der Waals surface area contributed by atoms with Gasteiger partial charge in [-0.15, -0.1) is 0 Å². The third kappa shape index (κ3) is 3.94. The number of rotatable bonds is 2. The first-order chi connectivity index (χ1) is 9.34. The van der Waals surface area contributed by atoms with E-state index in [4.69, 9.17) is 0 Å². The molecule has 2 aliphatic heterocycles. The van der Waals surface area contributed by atoms with Crippen LogP contribution in [0.4, 0.5) is 0 Å². The van der Waals surface area contributed by atoms with Crippen LogP contribution in [0.25, 0.3) is 0 Å². The Bertz CT molecular complexity index is 350. The van der Waals surface area contributed by atoms with Gasteiger partial charge in [-0.25, -0.2) is 0 Å². The molecule has 2 aliphatic rings. The molecule has 4 heteroatoms. The van der Waals surface area contributed by atoms with E-state index in [2.05, 4.69) is 49.0 Å². The number of nitriles is 1. The van der Waals surface area contributed by atoms with Gasteiger partial charge in [0.25, 0.3) is 0 Å². The van der Waals surface area contributed by atoms with E-state index in [-0.39, 0.29) is 11.1 Å². The fourth-order valence-corrected chi connectivity index (χ4v) is 3.61. The molecule has 0 radical (unpaired) electrons. The molecule has 0 bridgehead atoms. The van der Waals surface area contributed by atoms with Crippen LogP contribution in [0.5, 0.6) is 0 Å². The quantitative estimate of drug-likeness (QED) is 0.837. The van der Waals surface area contributed by atoms with E-state index in [1.54, 1.807) is 0 Å². The van der Waals surface area contributed by atoms with E-state index in [1.165, 1.54) is 25.9 Å². The highest BCUT2D eigenvalue weighted by Crippen LogP contribution is 2.27. The summed E-state index contributed by atoms with van der Waals surface area (Å²) in [6.07, 6.45) is 4.46. The lowest BCUT2D eigenvalue weighted by molar-refractivity contribution is 0.0729. The molecule has 0 spiro atoms. The van der Waals surface area contributed by atoms with Gasteiger partial charge in [-0.2, -0.15) is 5.26 Å². The molecule has 2 rings (SSSR count). The normalized spacial score (nSPS) is 26.4. The highest BCUT2D eigenvalue weighted by atomic mass is 15.2. The predicted octanol–water partition coefficient (Wildman–Crippen LogP) is 1.83. The first-order valence-corrected chi connectivity index (χ1v) is 7.97. The maximum absolute atomic E-state index is 9.60. The molecule has 0 unspecified atom stereocenters. The number of piperidine rings is 2. The number of hydrogen-bond acceptors (Lipinski definition) is 4. The molecule has 0 aromatic carbocycles. The average molecular weight is 278 g/mol. The van der Waals surface area contributed by atoms with Crippen LogP contribution in [0.2, 0.25) is 0 Å². The summed E-state index contributed by atoms with van der Waals surface area (Å²) in [5, 5.41) is 13.2. The number of hydrogen-bond donors (Lipinski definition) is 1. The van der Waals surface area contributed by atoms with Crippen LogP contribution < -0.4 is 5.32 Å². The minimum Gasteiger partial charge on any atom is -0.306 e. The Labute approximate surface area is 124 Å². The largest absolute Gasteiger partial charge is 0.306 e. The Hall–Kier alpha value is -0.630. The van der Waals surface area contributed by atoms with E-state index in [1.807, 2.05) is 0 Å². The lowest BCUT2D eigenvalue weighted by Gasteiger charge is -2.45. The van der Waals surface area contributed by atoms with Gasteiger partial charge in [0, 0.05) is 24.7 Å². The Morgan fingerprint density at radius 2 is 1.65 bits per heavy atom. The predicted molar refractivity (Wildman–Crippen MR) is 82.6 cm³/mol. The van der Waals surface area contributed by atoms with Crippen LogP contribution >= 0.6 is 0 Å². The first kappa shape index (κ1) is 15.8. The van der Waals surface area contributed by atoms with Gasteiger partial charge in [-0.3, -0.25) is 5.32 Å². The van der Waals surface area contributed by atoms with Crippen LogP contribution in [0.1, 0.15) is 46.5 Å². The van der Waals surface area contributed by atoms with Crippen LogP contribution in [-0.4, -0.2) is 60.1 Å². The van der Waals surface area contributed by atoms with Crippen LogP contribution in [0.15, 0.2) is 0 Å². The summed E-state index contributed by atoms with van der Waals surface area (Å²) in [5.74, 6) is 0. The van der Waals surface area contributed by atoms with E-state index < -0.39 is 0 Å². The fourth-order valence-electron chi connectivity index (χ4n) is 3.61. The SMILES string of the molecule is CN1CCC(N2CCC(C#N)(NC(C)(C)C)CC2)CC1.